The Balaban J connectivity index is -0.000000784. The third kappa shape index (κ3) is 40.5. The molecule has 0 amide bonds. The van der Waals surface area contributed by atoms with Gasteiger partial charge in [0.05, 0.1) is 37.5 Å². The fraction of sp³-hybridized carbons (Fsp3) is 0.540. The quantitative estimate of drug-likeness (QED) is 0.127. The van der Waals surface area contributed by atoms with Crippen LogP contribution in [0.1, 0.15) is 412 Å². The van der Waals surface area contributed by atoms with Crippen LogP contribution in [-0.4, -0.2) is 91.5 Å². The summed E-state index contributed by atoms with van der Waals surface area (Å²) in [6, 6.07) is 47.4. The van der Waals surface area contributed by atoms with Gasteiger partial charge in [0.15, 0.2) is 34.0 Å². The molecule has 17 nitrogen and oxygen atoms in total. The van der Waals surface area contributed by atoms with Crippen molar-refractivity contribution in [2.24, 2.45) is 34.6 Å². The summed E-state index contributed by atoms with van der Waals surface area (Å²) in [4.78, 5) is 38.5. The molecule has 7 aliphatic carbocycles. The first-order valence-corrected chi connectivity index (χ1v) is 54.4. The second-order valence-corrected chi connectivity index (χ2v) is 31.7. The van der Waals surface area contributed by atoms with E-state index in [4.69, 9.17) is 0 Å². The van der Waals surface area contributed by atoms with Gasteiger partial charge in [-0.2, -0.15) is 25.5 Å². The van der Waals surface area contributed by atoms with Crippen LogP contribution < -0.4 is 0 Å². The van der Waals surface area contributed by atoms with Crippen molar-refractivity contribution in [1.29, 1.82) is 0 Å². The van der Waals surface area contributed by atoms with Crippen LogP contribution in [0.25, 0.3) is 33.8 Å². The Morgan fingerprint density at radius 2 is 0.538 bits per heavy atom. The van der Waals surface area contributed by atoms with Gasteiger partial charge in [-0.3, -0.25) is 9.79 Å². The predicted octanol–water partition coefficient (Wildman–Crippen LogP) is 35.7. The minimum atomic E-state index is 0. The maximum atomic E-state index is 11.5. The lowest BCUT2D eigenvalue weighted by molar-refractivity contribution is -0.114. The lowest BCUT2D eigenvalue weighted by Gasteiger charge is -2.27. The van der Waals surface area contributed by atoms with Gasteiger partial charge < -0.3 is 0 Å². The van der Waals surface area contributed by atoms with Crippen LogP contribution in [0, 0.1) is 64.2 Å². The second-order valence-electron chi connectivity index (χ2n) is 31.7. The Labute approximate surface area is 874 Å². The van der Waals surface area contributed by atoms with Crippen molar-refractivity contribution < 1.29 is 4.79 Å². The number of carbonyl (C=O) groups is 1. The highest BCUT2D eigenvalue weighted by Gasteiger charge is 2.31. The van der Waals surface area contributed by atoms with Crippen LogP contribution in [0.15, 0.2) is 209 Å². The van der Waals surface area contributed by atoms with Gasteiger partial charge in [-0.15, -0.1) is 0 Å². The van der Waals surface area contributed by atoms with Gasteiger partial charge in [-0.1, -0.05) is 335 Å². The number of aromatic nitrogens is 15. The Bertz CT molecular complexity index is 5560. The average molecular weight is 1960 g/mol. The lowest BCUT2D eigenvalue weighted by Crippen LogP contribution is -2.18. The maximum Gasteiger partial charge on any atom is 0.159 e. The Kier molecular flexibility index (Phi) is 76.8. The molecule has 8 aliphatic rings. The maximum absolute atomic E-state index is 11.5. The molecule has 21 rings (SSSR count). The van der Waals surface area contributed by atoms with Gasteiger partial charge in [0, 0.05) is 99.9 Å². The summed E-state index contributed by atoms with van der Waals surface area (Å²) >= 11 is 0. The fourth-order valence-corrected chi connectivity index (χ4v) is 18.6. The van der Waals surface area contributed by atoms with Gasteiger partial charge in [-0.25, -0.2) is 47.5 Å². The molecule has 0 spiro atoms. The zero-order valence-corrected chi connectivity index (χ0v) is 93.0. The number of fused-ring (bicyclic) bond motifs is 9. The van der Waals surface area contributed by atoms with Crippen LogP contribution in [0.5, 0.6) is 0 Å². The molecule has 143 heavy (non-hydrogen) atoms. The van der Waals surface area contributed by atoms with E-state index in [9.17, 15) is 4.79 Å². The molecule has 17 heteroatoms. The summed E-state index contributed by atoms with van der Waals surface area (Å²) in [5.41, 5.74) is 34.8. The first-order chi connectivity index (χ1) is 67.8. The number of hydrogen-bond donors (Lipinski definition) is 0. The number of ketones is 1. The summed E-state index contributed by atoms with van der Waals surface area (Å²) in [6.07, 6.45) is 40.1. The number of allylic oxidation sites excluding steroid dienone is 7. The minimum Gasteiger partial charge on any atom is -0.294 e. The molecule has 11 heterocycles. The van der Waals surface area contributed by atoms with Crippen molar-refractivity contribution >= 4 is 45.8 Å². The predicted molar refractivity (Wildman–Crippen MR) is 630 cm³/mol. The molecular formula is C126H206N16O. The van der Waals surface area contributed by atoms with Crippen molar-refractivity contribution in [2.75, 3.05) is 6.54 Å². The molecule has 1 aliphatic heterocycles. The standard InChI is InChI=1S/C21H21N3.C18H19N3O.2C18H19N3.C16H18N4.15C2H6.5CH4/c1-14-10-18(24-21(23-14)8-9-22-24)11-15-6-7-17-13-16-4-2-3-5-19(16)20(17)12-15;1-12-8-16(21-18(20-12)6-7-19-21)10-13-2-3-15-11-17(22)5-4-14(15)9-13;2*1-13-10-17(21-18(20-13)8-9-19-21)12-14-6-7-15-4-2-3-5-16(15)11-14;1-11-6-15(20-16(19-11)4-5-18-20)8-12-2-3-13-9-17-10-14(13)7-12;15*1-2;;;;;/h2-5,8-10,15H,6-7,11-13H2,1H3;4-8,13H,2-3,9-11H2,1H3;2*2-5,8-10,14H,6-7,11-12H2,1H3;4-6,10,12H,2-3,7-9H2,1H3;15*1-2H3;5*1H4. The van der Waals surface area contributed by atoms with E-state index >= 15 is 0 Å². The van der Waals surface area contributed by atoms with Gasteiger partial charge in [0.25, 0.3) is 0 Å². The van der Waals surface area contributed by atoms with E-state index in [0.29, 0.717) is 36.0 Å². The summed E-state index contributed by atoms with van der Waals surface area (Å²) < 4.78 is 9.94. The minimum absolute atomic E-state index is 0. The topological polar surface area (TPSA) is 180 Å². The van der Waals surface area contributed by atoms with Crippen LogP contribution in [0.3, 0.4) is 0 Å². The number of nitrogens with zero attached hydrogens (tertiary/aromatic N) is 16. The van der Waals surface area contributed by atoms with Gasteiger partial charge in [0.1, 0.15) is 0 Å². The van der Waals surface area contributed by atoms with Crippen molar-refractivity contribution in [1.82, 2.24) is 73.0 Å². The largest absolute Gasteiger partial charge is 0.294 e. The van der Waals surface area contributed by atoms with Gasteiger partial charge in [-0.05, 0) is 291 Å². The molecule has 5 unspecified atom stereocenters. The van der Waals surface area contributed by atoms with Crippen molar-refractivity contribution in [3.63, 3.8) is 0 Å². The Hall–Kier alpha value is -10.9. The summed E-state index contributed by atoms with van der Waals surface area (Å²) in [5, 5.41) is 22.1. The average Bonchev–Trinajstić information content (AvgIpc) is 1.63. The molecule has 0 radical (unpaired) electrons. The molecule has 0 saturated heterocycles. The number of carbonyl (C=O) groups excluding carboxylic acids is 1. The monoisotopic (exact) mass is 1960 g/mol. The van der Waals surface area contributed by atoms with Crippen LogP contribution in [0.2, 0.25) is 0 Å². The summed E-state index contributed by atoms with van der Waals surface area (Å²) in [7, 11) is 0. The lowest BCUT2D eigenvalue weighted by atomic mass is 9.78. The zero-order valence-electron chi connectivity index (χ0n) is 93.0. The summed E-state index contributed by atoms with van der Waals surface area (Å²) in [5.74, 6) is 3.67. The van der Waals surface area contributed by atoms with E-state index in [-0.39, 0.29) is 42.9 Å². The van der Waals surface area contributed by atoms with Crippen molar-refractivity contribution in [3.8, 4) is 0 Å². The van der Waals surface area contributed by atoms with Gasteiger partial charge >= 0.3 is 0 Å². The van der Waals surface area contributed by atoms with E-state index in [0.717, 1.165) is 115 Å². The molecule has 5 atom stereocenters. The normalized spacial score (nSPS) is 15.5. The molecule has 3 aromatic carbocycles. The first kappa shape index (κ1) is 138. The highest BCUT2D eigenvalue weighted by molar-refractivity contribution is 5.93. The molecule has 796 valence electrons. The summed E-state index contributed by atoms with van der Waals surface area (Å²) in [6.45, 7) is 71.2. The van der Waals surface area contributed by atoms with Gasteiger partial charge in [0.2, 0.25) is 0 Å². The molecule has 10 aromatic heterocycles. The van der Waals surface area contributed by atoms with Crippen molar-refractivity contribution in [3.05, 3.63) is 295 Å². The zero-order chi connectivity index (χ0) is 103. The number of rotatable bonds is 10. The second kappa shape index (κ2) is 79.4. The number of benzene rings is 3. The Morgan fingerprint density at radius 1 is 0.273 bits per heavy atom. The molecule has 0 fully saturated rings. The fourth-order valence-electron chi connectivity index (χ4n) is 18.6. The van der Waals surface area contributed by atoms with E-state index in [1.165, 1.54) is 162 Å². The third-order valence-electron chi connectivity index (χ3n) is 23.7. The van der Waals surface area contributed by atoms with Crippen LogP contribution >= 0.6 is 0 Å². The van der Waals surface area contributed by atoms with Crippen molar-refractivity contribution in [2.45, 2.75) is 421 Å². The molecular weight excluding hydrogens is 1750 g/mol. The molecule has 0 bridgehead atoms. The van der Waals surface area contributed by atoms with Crippen LogP contribution in [0.4, 0.5) is 0 Å². The SMILES string of the molecule is C.C.C.C.C.CC.CC.CC.CC.CC.CC.CC.CC.CC.CC.CC.CC.CC.CC.CC.Cc1cc(CC2CCC3=C(C2)c2ccccc2C3)n2nccc2n1.Cc1cc(CC2CCC3=C(C=CC(=O)C3)C2)n2nccc2n1.Cc1cc(CC2CCC3=C(C=NC3)C2)n2nccc2n1.Cc1cc(CC2CCc3ccccc3C2)n2nccc2n1.Cc1cc(CC2CCc3ccccc3C2)n2nccc2n1. The highest BCUT2D eigenvalue weighted by Crippen LogP contribution is 2.45. The van der Waals surface area contributed by atoms with E-state index < -0.39 is 0 Å². The molecule has 0 N–H and O–H groups in total. The molecule has 0 saturated carbocycles. The third-order valence-corrected chi connectivity index (χ3v) is 23.7. The number of aliphatic imine (C=N–C) groups is 1. The smallest absolute Gasteiger partial charge is 0.159 e. The number of hydrogen-bond acceptors (Lipinski definition) is 12. The first-order valence-electron chi connectivity index (χ1n) is 54.4. The van der Waals surface area contributed by atoms with Crippen LogP contribution in [-0.2, 0) is 69.0 Å². The highest BCUT2D eigenvalue weighted by atomic mass is 16.1. The number of aryl methyl sites for hydroxylation is 7. The Morgan fingerprint density at radius 3 is 0.867 bits per heavy atom. The molecule has 13 aromatic rings. The van der Waals surface area contributed by atoms with E-state index in [2.05, 4.69) is 192 Å². The van der Waals surface area contributed by atoms with E-state index in [1.807, 2.05) is 305 Å². The van der Waals surface area contributed by atoms with E-state index in [1.54, 1.807) is 22.8 Å².